The van der Waals surface area contributed by atoms with Crippen LogP contribution in [-0.4, -0.2) is 23.5 Å². The molecule has 4 nitrogen and oxygen atoms in total. The van der Waals surface area contributed by atoms with Gasteiger partial charge < -0.3 is 9.84 Å². The fourth-order valence-electron chi connectivity index (χ4n) is 1.89. The largest absolute Gasteiger partial charge is 0.499 e. The molecule has 0 aliphatic heterocycles. The number of fused-ring (bicyclic) bond motifs is 1. The molecule has 88 valence electrons. The van der Waals surface area contributed by atoms with Crippen molar-refractivity contribution < 1.29 is 19.4 Å². The van der Waals surface area contributed by atoms with Crippen molar-refractivity contribution >= 4 is 23.1 Å². The van der Waals surface area contributed by atoms with E-state index in [-0.39, 0.29) is 10.8 Å². The van der Waals surface area contributed by atoms with Crippen LogP contribution in [0.3, 0.4) is 0 Å². The maximum Gasteiger partial charge on any atom is 0.348 e. The number of thiophene rings is 1. The van der Waals surface area contributed by atoms with Gasteiger partial charge in [0, 0.05) is 6.42 Å². The van der Waals surface area contributed by atoms with Gasteiger partial charge in [0.2, 0.25) is 0 Å². The summed E-state index contributed by atoms with van der Waals surface area (Å²) in [7, 11) is 0. The van der Waals surface area contributed by atoms with Crippen molar-refractivity contribution in [2.45, 2.75) is 26.2 Å². The maximum absolute atomic E-state index is 11.6. The van der Waals surface area contributed by atoms with Gasteiger partial charge in [-0.05, 0) is 25.3 Å². The minimum atomic E-state index is -0.446. The van der Waals surface area contributed by atoms with E-state index in [1.807, 2.05) is 0 Å². The molecule has 0 aromatic carbocycles. The summed E-state index contributed by atoms with van der Waals surface area (Å²) in [6.45, 7) is 2.02. The van der Waals surface area contributed by atoms with Crippen molar-refractivity contribution in [1.82, 2.24) is 0 Å². The van der Waals surface area contributed by atoms with Gasteiger partial charge in [0.25, 0.3) is 0 Å². The molecule has 0 fully saturated rings. The number of ether oxygens (including phenoxy) is 1. The van der Waals surface area contributed by atoms with E-state index in [0.717, 1.165) is 17.8 Å². The van der Waals surface area contributed by atoms with Crippen LogP contribution < -0.4 is 0 Å². The predicted molar refractivity (Wildman–Crippen MR) is 59.2 cm³/mol. The molecule has 0 unspecified atom stereocenters. The van der Waals surface area contributed by atoms with Gasteiger partial charge in [0.15, 0.2) is 10.8 Å². The normalized spacial score (nSPS) is 13.8. The molecule has 17 heavy (non-hydrogen) atoms. The molecular formula is C11H12O4RfS. The molecule has 1 heterocycles. The van der Waals surface area contributed by atoms with Crippen LogP contribution in [0.2, 0.25) is 0 Å². The summed E-state index contributed by atoms with van der Waals surface area (Å²) in [6.07, 6.45) is 1.83. The Balaban J connectivity index is 0.00000144. The predicted octanol–water partition coefficient (Wildman–Crippen LogP) is 2.15. The van der Waals surface area contributed by atoms with Crippen LogP contribution in [0, 0.1) is 0 Å². The third-order valence-corrected chi connectivity index (χ3v) is 3.57. The first-order valence-electron chi connectivity index (χ1n) is 5.20. The third-order valence-electron chi connectivity index (χ3n) is 2.56. The van der Waals surface area contributed by atoms with E-state index >= 15 is 0 Å². The minimum absolute atomic E-state index is 0. The zero-order chi connectivity index (χ0) is 11.7. The van der Waals surface area contributed by atoms with Crippen LogP contribution in [0.4, 0.5) is 0 Å². The Kier molecular flexibility index (Phi) is 3.48. The van der Waals surface area contributed by atoms with E-state index < -0.39 is 5.97 Å². The van der Waals surface area contributed by atoms with Gasteiger partial charge in [-0.2, -0.15) is 0 Å². The fourth-order valence-corrected chi connectivity index (χ4v) is 2.89. The van der Waals surface area contributed by atoms with E-state index in [1.54, 1.807) is 6.92 Å². The minimum Gasteiger partial charge on any atom is -0.499 e. The molecule has 0 bridgehead atoms. The van der Waals surface area contributed by atoms with Gasteiger partial charge in [-0.3, -0.25) is 4.79 Å². The van der Waals surface area contributed by atoms with Crippen molar-refractivity contribution in [2.75, 3.05) is 6.61 Å². The maximum atomic E-state index is 11.6. The molecule has 1 aromatic rings. The Morgan fingerprint density at radius 2 is 2.18 bits per heavy atom. The summed E-state index contributed by atoms with van der Waals surface area (Å²) < 4.78 is 4.89. The van der Waals surface area contributed by atoms with Crippen LogP contribution in [0.25, 0.3) is 0 Å². The second kappa shape index (κ2) is 4.65. The van der Waals surface area contributed by atoms with E-state index in [9.17, 15) is 14.7 Å². The Bertz CT molecular complexity index is 453. The van der Waals surface area contributed by atoms with E-state index in [4.69, 9.17) is 4.74 Å². The SMILES string of the molecule is CCOC(=O)c1sc(O)c2c1CCCC2=O.[Rf]. The zero-order valence-electron chi connectivity index (χ0n) is 9.62. The molecule has 1 aliphatic rings. The van der Waals surface area contributed by atoms with Crippen LogP contribution in [0.5, 0.6) is 5.06 Å². The molecule has 1 N–H and O–H groups in total. The molecular weight excluding hydrogens is 495 g/mol. The Hall–Kier alpha value is -2.36. The smallest absolute Gasteiger partial charge is 0.348 e. The molecule has 6 heteroatoms. The first kappa shape index (κ1) is 12.7. The van der Waals surface area contributed by atoms with Gasteiger partial charge in [0.1, 0.15) is 4.88 Å². The summed E-state index contributed by atoms with van der Waals surface area (Å²) >= 11 is 0.942. The summed E-state index contributed by atoms with van der Waals surface area (Å²) in [6, 6.07) is 0. The molecule has 0 saturated heterocycles. The van der Waals surface area contributed by atoms with Crippen LogP contribution in [0.15, 0.2) is 0 Å². The monoisotopic (exact) mass is 507 g/mol. The van der Waals surface area contributed by atoms with Gasteiger partial charge in [0.05, 0.1) is 12.2 Å². The second-order valence-corrected chi connectivity index (χ2v) is 4.59. The summed E-state index contributed by atoms with van der Waals surface area (Å²) in [4.78, 5) is 23.6. The van der Waals surface area contributed by atoms with E-state index in [1.165, 1.54) is 0 Å². The Labute approximate surface area is 96.9 Å². The summed E-state index contributed by atoms with van der Waals surface area (Å²) in [5.74, 6) is -0.524. The topological polar surface area (TPSA) is 63.6 Å². The number of hydrogen-bond acceptors (Lipinski definition) is 5. The number of carbonyl (C=O) groups excluding carboxylic acids is 2. The van der Waals surface area contributed by atoms with Crippen molar-refractivity contribution in [3.63, 3.8) is 0 Å². The summed E-state index contributed by atoms with van der Waals surface area (Å²) in [5, 5.41) is 9.60. The number of hydrogen-bond donors (Lipinski definition) is 1. The number of rotatable bonds is 2. The van der Waals surface area contributed by atoms with Gasteiger partial charge in [-0.25, -0.2) is 4.79 Å². The van der Waals surface area contributed by atoms with Crippen molar-refractivity contribution in [3.8, 4) is 5.06 Å². The molecule has 1 aromatic heterocycles. The number of Topliss-reactive ketones (excluding diaryl/α,β-unsaturated/α-hetero) is 1. The molecule has 0 spiro atoms. The molecule has 0 saturated carbocycles. The van der Waals surface area contributed by atoms with Crippen LogP contribution in [-0.2, 0) is 11.2 Å². The second-order valence-electron chi connectivity index (χ2n) is 3.59. The molecule has 0 amide bonds. The van der Waals surface area contributed by atoms with Gasteiger partial charge in [-0.1, -0.05) is 11.3 Å². The number of aromatic hydroxyl groups is 1. The standard InChI is InChI=1S/C11H12O4S.Rf/c1-2-15-10(13)9-6-4-3-5-7(12)8(6)11(14)16-9;/h14H,2-5H2,1H3;. The Morgan fingerprint density at radius 3 is 2.82 bits per heavy atom. The average molecular weight is 507 g/mol. The zero-order valence-corrected chi connectivity index (χ0v) is 16.8. The molecule has 0 atom stereocenters. The molecule has 1 aliphatic carbocycles. The van der Waals surface area contributed by atoms with E-state index in [0.29, 0.717) is 35.5 Å². The van der Waals surface area contributed by atoms with Gasteiger partial charge >= 0.3 is 5.97 Å². The average Bonchev–Trinajstić information content (AvgIpc) is 2.58. The fraction of sp³-hybridized carbons (Fsp3) is 0.455. The third kappa shape index (κ3) is 1.97. The summed E-state index contributed by atoms with van der Waals surface area (Å²) in [5.41, 5.74) is 0.997. The van der Waals surface area contributed by atoms with Crippen LogP contribution in [0.1, 0.15) is 45.4 Å². The first-order chi connectivity index (χ1) is 7.65. The number of esters is 1. The first-order valence-corrected chi connectivity index (χ1v) is 6.01. The van der Waals surface area contributed by atoms with Crippen molar-refractivity contribution in [3.05, 3.63) is 16.0 Å². The van der Waals surface area contributed by atoms with E-state index in [2.05, 4.69) is 0 Å². The molecule has 0 radical (unpaired) electrons. The number of ketones is 1. The van der Waals surface area contributed by atoms with Crippen molar-refractivity contribution in [2.24, 2.45) is 0 Å². The number of carbonyl (C=O) groups is 2. The Morgan fingerprint density at radius 1 is 1.47 bits per heavy atom. The quantitative estimate of drug-likeness (QED) is 0.624. The van der Waals surface area contributed by atoms with Crippen LogP contribution >= 0.6 is 11.3 Å². The van der Waals surface area contributed by atoms with Crippen molar-refractivity contribution in [1.29, 1.82) is 0 Å². The van der Waals surface area contributed by atoms with Gasteiger partial charge in [-0.15, -0.1) is 0 Å². The molecule has 2 rings (SSSR count).